The van der Waals surface area contributed by atoms with E-state index < -0.39 is 0 Å². The van der Waals surface area contributed by atoms with Crippen molar-refractivity contribution in [2.75, 3.05) is 5.43 Å². The molecule has 0 amide bonds. The summed E-state index contributed by atoms with van der Waals surface area (Å²) >= 11 is 5.94. The number of aromatic nitrogens is 2. The van der Waals surface area contributed by atoms with Gasteiger partial charge in [0.15, 0.2) is 0 Å². The van der Waals surface area contributed by atoms with Gasteiger partial charge in [0.2, 0.25) is 5.71 Å². The zero-order chi connectivity index (χ0) is 14.5. The van der Waals surface area contributed by atoms with Crippen molar-refractivity contribution in [3.05, 3.63) is 41.2 Å². The molecule has 2 rings (SSSR count). The lowest BCUT2D eigenvalue weighted by Crippen LogP contribution is -2.02. The second-order valence-electron chi connectivity index (χ2n) is 3.92. The Morgan fingerprint density at radius 2 is 2.15 bits per heavy atom. The van der Waals surface area contributed by atoms with E-state index in [0.717, 1.165) is 5.56 Å². The van der Waals surface area contributed by atoms with E-state index in [0.29, 0.717) is 16.4 Å². The lowest BCUT2D eigenvalue weighted by atomic mass is 10.2. The number of hydrazone groups is 1. The lowest BCUT2D eigenvalue weighted by molar-refractivity contribution is 0.880. The highest BCUT2D eigenvalue weighted by Crippen LogP contribution is 2.24. The molecule has 0 saturated carbocycles. The zero-order valence-corrected chi connectivity index (χ0v) is 11.3. The fourth-order valence-corrected chi connectivity index (χ4v) is 1.71. The van der Waals surface area contributed by atoms with E-state index in [4.69, 9.17) is 22.1 Å². The van der Waals surface area contributed by atoms with Crippen molar-refractivity contribution < 1.29 is 0 Å². The maximum Gasteiger partial charge on any atom is 0.237 e. The van der Waals surface area contributed by atoms with Crippen LogP contribution in [-0.4, -0.2) is 15.5 Å². The number of nitriles is 2. The number of nitrogens with one attached hydrogen (secondary N) is 1. The van der Waals surface area contributed by atoms with E-state index in [1.54, 1.807) is 41.2 Å². The molecule has 7 heteroatoms. The molecule has 1 heterocycles. The van der Waals surface area contributed by atoms with Gasteiger partial charge in [-0.1, -0.05) is 11.6 Å². The van der Waals surface area contributed by atoms with Crippen LogP contribution in [0, 0.1) is 29.6 Å². The number of rotatable bonds is 3. The molecule has 0 atom stereocenters. The topological polar surface area (TPSA) is 89.8 Å². The van der Waals surface area contributed by atoms with Crippen molar-refractivity contribution in [3.63, 3.8) is 0 Å². The molecule has 0 aliphatic rings. The summed E-state index contributed by atoms with van der Waals surface area (Å²) in [7, 11) is 0. The fraction of sp³-hybridized carbons (Fsp3) is 0.0769. The molecular formula is C13H9ClN6. The Morgan fingerprint density at radius 1 is 1.40 bits per heavy atom. The highest BCUT2D eigenvalue weighted by atomic mass is 35.5. The number of aryl methyl sites for hydroxylation is 1. The van der Waals surface area contributed by atoms with E-state index >= 15 is 0 Å². The van der Waals surface area contributed by atoms with Crippen LogP contribution in [0.15, 0.2) is 35.7 Å². The Morgan fingerprint density at radius 3 is 2.75 bits per heavy atom. The van der Waals surface area contributed by atoms with Gasteiger partial charge in [0.25, 0.3) is 0 Å². The largest absolute Gasteiger partial charge is 0.274 e. The predicted molar refractivity (Wildman–Crippen MR) is 75.6 cm³/mol. The van der Waals surface area contributed by atoms with Crippen molar-refractivity contribution in [3.8, 4) is 17.8 Å². The molecule has 0 unspecified atom stereocenters. The van der Waals surface area contributed by atoms with Gasteiger partial charge >= 0.3 is 0 Å². The second-order valence-corrected chi connectivity index (χ2v) is 4.36. The van der Waals surface area contributed by atoms with E-state index in [9.17, 15) is 0 Å². The fourth-order valence-electron chi connectivity index (χ4n) is 1.53. The summed E-state index contributed by atoms with van der Waals surface area (Å²) in [6.45, 7) is 1.92. The Hall–Kier alpha value is -2.83. The number of benzene rings is 1. The number of nitrogens with zero attached hydrogens (tertiary/aromatic N) is 5. The highest BCUT2D eigenvalue weighted by Gasteiger charge is 2.07. The molecule has 6 nitrogen and oxygen atoms in total. The van der Waals surface area contributed by atoms with Gasteiger partial charge < -0.3 is 0 Å². The van der Waals surface area contributed by atoms with E-state index in [-0.39, 0.29) is 5.71 Å². The summed E-state index contributed by atoms with van der Waals surface area (Å²) in [4.78, 5) is 0. The summed E-state index contributed by atoms with van der Waals surface area (Å²) in [5.41, 5.74) is 4.65. The summed E-state index contributed by atoms with van der Waals surface area (Å²) in [5, 5.41) is 25.7. The molecular weight excluding hydrogens is 276 g/mol. The smallest absolute Gasteiger partial charge is 0.237 e. The van der Waals surface area contributed by atoms with Crippen molar-refractivity contribution >= 4 is 23.0 Å². The lowest BCUT2D eigenvalue weighted by Gasteiger charge is -2.09. The van der Waals surface area contributed by atoms with Crippen molar-refractivity contribution in [1.29, 1.82) is 10.5 Å². The summed E-state index contributed by atoms with van der Waals surface area (Å²) in [6, 6.07) is 8.47. The van der Waals surface area contributed by atoms with Crippen molar-refractivity contribution in [2.24, 2.45) is 5.10 Å². The van der Waals surface area contributed by atoms with Crippen LogP contribution in [0.5, 0.6) is 0 Å². The Balaban J connectivity index is 2.42. The average molecular weight is 285 g/mol. The third kappa shape index (κ3) is 2.94. The molecule has 1 aromatic heterocycles. The quantitative estimate of drug-likeness (QED) is 0.693. The molecule has 20 heavy (non-hydrogen) atoms. The average Bonchev–Trinajstić information content (AvgIpc) is 2.86. The Kier molecular flexibility index (Phi) is 3.99. The SMILES string of the molecule is Cc1cnn(-c2ccc(Cl)cc2NN=C(C#N)C#N)c1. The summed E-state index contributed by atoms with van der Waals surface area (Å²) in [6.07, 6.45) is 3.56. The van der Waals surface area contributed by atoms with Crippen LogP contribution in [0.4, 0.5) is 5.69 Å². The van der Waals surface area contributed by atoms with E-state index in [1.807, 2.05) is 13.1 Å². The third-order valence-electron chi connectivity index (χ3n) is 2.42. The Bertz CT molecular complexity index is 731. The highest BCUT2D eigenvalue weighted by molar-refractivity contribution is 6.31. The van der Waals surface area contributed by atoms with Gasteiger partial charge in [-0.25, -0.2) is 4.68 Å². The minimum Gasteiger partial charge on any atom is -0.274 e. The van der Waals surface area contributed by atoms with E-state index in [2.05, 4.69) is 15.6 Å². The summed E-state index contributed by atoms with van der Waals surface area (Å²) in [5.74, 6) is 0. The summed E-state index contributed by atoms with van der Waals surface area (Å²) < 4.78 is 1.65. The third-order valence-corrected chi connectivity index (χ3v) is 2.65. The van der Waals surface area contributed by atoms with E-state index in [1.165, 1.54) is 0 Å². The predicted octanol–water partition coefficient (Wildman–Crippen LogP) is 2.65. The molecule has 0 bridgehead atoms. The molecule has 0 fully saturated rings. The standard InChI is InChI=1S/C13H9ClN6/c1-9-7-17-20(8-9)13-3-2-10(14)4-12(13)19-18-11(5-15)6-16/h2-4,7-8,19H,1H3. The number of halogens is 1. The van der Waals surface area contributed by atoms with Gasteiger partial charge in [-0.2, -0.15) is 20.7 Å². The number of anilines is 1. The van der Waals surface area contributed by atoms with Gasteiger partial charge in [-0.15, -0.1) is 0 Å². The first-order chi connectivity index (χ1) is 9.63. The van der Waals surface area contributed by atoms with Crippen LogP contribution in [0.25, 0.3) is 5.69 Å². The minimum atomic E-state index is -0.271. The van der Waals surface area contributed by atoms with Gasteiger partial charge in [0.05, 0.1) is 17.6 Å². The molecule has 0 aliphatic heterocycles. The van der Waals surface area contributed by atoms with Crippen LogP contribution >= 0.6 is 11.6 Å². The maximum absolute atomic E-state index is 8.66. The molecule has 1 aromatic carbocycles. The number of hydrogen-bond donors (Lipinski definition) is 1. The van der Waals surface area contributed by atoms with Crippen molar-refractivity contribution in [2.45, 2.75) is 6.92 Å². The van der Waals surface area contributed by atoms with Crippen LogP contribution in [0.3, 0.4) is 0 Å². The molecule has 2 aromatic rings. The molecule has 98 valence electrons. The van der Waals surface area contributed by atoms with Crippen LogP contribution in [0.2, 0.25) is 5.02 Å². The molecule has 0 radical (unpaired) electrons. The first kappa shape index (κ1) is 13.6. The molecule has 0 saturated heterocycles. The van der Waals surface area contributed by atoms with Gasteiger partial charge in [0, 0.05) is 11.2 Å². The van der Waals surface area contributed by atoms with Gasteiger partial charge in [-0.05, 0) is 30.7 Å². The maximum atomic E-state index is 8.66. The zero-order valence-electron chi connectivity index (χ0n) is 10.5. The molecule has 1 N–H and O–H groups in total. The van der Waals surface area contributed by atoms with Crippen LogP contribution in [-0.2, 0) is 0 Å². The normalized spacial score (nSPS) is 9.40. The number of hydrogen-bond acceptors (Lipinski definition) is 5. The monoisotopic (exact) mass is 284 g/mol. The Labute approximate surface area is 120 Å². The minimum absolute atomic E-state index is 0.271. The van der Waals surface area contributed by atoms with Crippen molar-refractivity contribution in [1.82, 2.24) is 9.78 Å². The van der Waals surface area contributed by atoms with Gasteiger partial charge in [-0.3, -0.25) is 5.43 Å². The van der Waals surface area contributed by atoms with Crippen LogP contribution < -0.4 is 5.43 Å². The first-order valence-corrected chi connectivity index (χ1v) is 5.97. The van der Waals surface area contributed by atoms with Crippen LogP contribution in [0.1, 0.15) is 5.56 Å². The van der Waals surface area contributed by atoms with Gasteiger partial charge in [0.1, 0.15) is 12.1 Å². The molecule has 0 aliphatic carbocycles. The second kappa shape index (κ2) is 5.87. The molecule has 0 spiro atoms. The first-order valence-electron chi connectivity index (χ1n) is 5.59.